The molecule has 3 amide bonds. The number of aliphatic hydroxyl groups excluding tert-OH is 1. The molecule has 2 aromatic carbocycles. The highest BCUT2D eigenvalue weighted by molar-refractivity contribution is 5.92. The molecule has 9 heteroatoms. The largest absolute Gasteiger partial charge is 0.508 e. The van der Waals surface area contributed by atoms with Crippen molar-refractivity contribution in [2.24, 2.45) is 11.8 Å². The Bertz CT molecular complexity index is 1040. The van der Waals surface area contributed by atoms with E-state index in [1.165, 1.54) is 24.3 Å². The van der Waals surface area contributed by atoms with Gasteiger partial charge in [-0.3, -0.25) is 14.4 Å². The first-order valence-corrected chi connectivity index (χ1v) is 13.0. The predicted octanol–water partition coefficient (Wildman–Crippen LogP) is 2.42. The summed E-state index contributed by atoms with van der Waals surface area (Å²) in [7, 11) is 0. The van der Waals surface area contributed by atoms with Crippen LogP contribution in [0.5, 0.6) is 11.5 Å². The maximum Gasteiger partial charge on any atom is 0.243 e. The zero-order valence-corrected chi connectivity index (χ0v) is 22.6. The van der Waals surface area contributed by atoms with E-state index in [9.17, 15) is 29.7 Å². The smallest absolute Gasteiger partial charge is 0.243 e. The van der Waals surface area contributed by atoms with Crippen molar-refractivity contribution in [1.29, 1.82) is 0 Å². The summed E-state index contributed by atoms with van der Waals surface area (Å²) in [5.74, 6) is -0.772. The third-order valence-electron chi connectivity index (χ3n) is 5.95. The number of rotatable bonds is 14. The van der Waals surface area contributed by atoms with Gasteiger partial charge in [0.05, 0.1) is 12.6 Å². The maximum atomic E-state index is 13.4. The second-order valence-corrected chi connectivity index (χ2v) is 10.5. The van der Waals surface area contributed by atoms with E-state index in [0.717, 1.165) is 11.1 Å². The quantitative estimate of drug-likeness (QED) is 0.222. The number of hydrogen-bond acceptors (Lipinski definition) is 6. The van der Waals surface area contributed by atoms with Crippen LogP contribution >= 0.6 is 0 Å². The molecule has 0 radical (unpaired) electrons. The molecule has 0 bridgehead atoms. The van der Waals surface area contributed by atoms with E-state index in [1.54, 1.807) is 24.3 Å². The minimum Gasteiger partial charge on any atom is -0.508 e. The Hall–Kier alpha value is -3.59. The lowest BCUT2D eigenvalue weighted by atomic mass is 10.00. The highest BCUT2D eigenvalue weighted by Gasteiger charge is 2.29. The summed E-state index contributed by atoms with van der Waals surface area (Å²) in [5.41, 5.74) is 1.57. The number of phenols is 2. The Morgan fingerprint density at radius 2 is 1.18 bits per heavy atom. The van der Waals surface area contributed by atoms with Crippen molar-refractivity contribution in [2.45, 2.75) is 71.5 Å². The Morgan fingerprint density at radius 3 is 1.66 bits per heavy atom. The van der Waals surface area contributed by atoms with Gasteiger partial charge >= 0.3 is 0 Å². The molecule has 3 atom stereocenters. The fourth-order valence-electron chi connectivity index (χ4n) is 4.06. The standard InChI is InChI=1S/C29H41N3O6/c1-18(2)13-25(28(37)30-22(17-33)15-20-5-9-23(34)10-6-20)32-29(38)26(31-27(36)14-19(3)4)16-21-7-11-24(35)12-8-21/h5-12,18-19,22,25-26,33-35H,13-17H2,1-4H3,(H,30,37)(H,31,36)(H,32,38)/t22-,25-,26-/m0/s1. The highest BCUT2D eigenvalue weighted by atomic mass is 16.3. The zero-order chi connectivity index (χ0) is 28.2. The third kappa shape index (κ3) is 10.8. The second-order valence-electron chi connectivity index (χ2n) is 10.5. The van der Waals surface area contributed by atoms with Crippen molar-refractivity contribution in [1.82, 2.24) is 16.0 Å². The zero-order valence-electron chi connectivity index (χ0n) is 22.6. The Kier molecular flexibility index (Phi) is 12.1. The lowest BCUT2D eigenvalue weighted by Gasteiger charge is -2.26. The molecule has 0 unspecified atom stereocenters. The van der Waals surface area contributed by atoms with E-state index < -0.39 is 29.9 Å². The number of benzene rings is 2. The molecule has 0 fully saturated rings. The van der Waals surface area contributed by atoms with Crippen LogP contribution in [0.2, 0.25) is 0 Å². The molecule has 0 saturated carbocycles. The van der Waals surface area contributed by atoms with Gasteiger partial charge in [-0.2, -0.15) is 0 Å². The van der Waals surface area contributed by atoms with Crippen LogP contribution in [0.1, 0.15) is 51.7 Å². The summed E-state index contributed by atoms with van der Waals surface area (Å²) in [6, 6.07) is 10.5. The summed E-state index contributed by atoms with van der Waals surface area (Å²) in [6.45, 7) is 7.39. The highest BCUT2D eigenvalue weighted by Crippen LogP contribution is 2.14. The van der Waals surface area contributed by atoms with Gasteiger partial charge in [-0.25, -0.2) is 0 Å². The minimum absolute atomic E-state index is 0.0850. The number of carbonyl (C=O) groups is 3. The van der Waals surface area contributed by atoms with Crippen LogP contribution in [0.15, 0.2) is 48.5 Å². The summed E-state index contributed by atoms with van der Waals surface area (Å²) in [4.78, 5) is 39.1. The molecule has 0 aromatic heterocycles. The molecular weight excluding hydrogens is 486 g/mol. The predicted molar refractivity (Wildman–Crippen MR) is 145 cm³/mol. The van der Waals surface area contributed by atoms with Crippen molar-refractivity contribution >= 4 is 17.7 Å². The van der Waals surface area contributed by atoms with E-state index in [2.05, 4.69) is 16.0 Å². The summed E-state index contributed by atoms with van der Waals surface area (Å²) < 4.78 is 0. The Morgan fingerprint density at radius 1 is 0.684 bits per heavy atom. The first-order chi connectivity index (χ1) is 18.0. The lowest BCUT2D eigenvalue weighted by molar-refractivity contribution is -0.132. The molecule has 2 aromatic rings. The third-order valence-corrected chi connectivity index (χ3v) is 5.95. The molecule has 0 aliphatic rings. The van der Waals surface area contributed by atoms with Crippen LogP contribution in [-0.2, 0) is 27.2 Å². The molecule has 0 aliphatic heterocycles. The first-order valence-electron chi connectivity index (χ1n) is 13.0. The summed E-state index contributed by atoms with van der Waals surface area (Å²) in [5, 5.41) is 37.4. The van der Waals surface area contributed by atoms with Crippen LogP contribution in [-0.4, -0.2) is 57.8 Å². The number of amides is 3. The Balaban J connectivity index is 2.16. The van der Waals surface area contributed by atoms with Crippen LogP contribution in [0.25, 0.3) is 0 Å². The van der Waals surface area contributed by atoms with Crippen molar-refractivity contribution < 1.29 is 29.7 Å². The van der Waals surface area contributed by atoms with E-state index in [-0.39, 0.29) is 48.7 Å². The average Bonchev–Trinajstić information content (AvgIpc) is 2.84. The van der Waals surface area contributed by atoms with Crippen LogP contribution < -0.4 is 16.0 Å². The van der Waals surface area contributed by atoms with Gasteiger partial charge in [0.25, 0.3) is 0 Å². The van der Waals surface area contributed by atoms with Crippen LogP contribution in [0, 0.1) is 11.8 Å². The number of nitrogens with one attached hydrogen (secondary N) is 3. The molecule has 0 saturated heterocycles. The van der Waals surface area contributed by atoms with E-state index in [4.69, 9.17) is 0 Å². The summed E-state index contributed by atoms with van der Waals surface area (Å²) >= 11 is 0. The number of aliphatic hydroxyl groups is 1. The van der Waals surface area contributed by atoms with Gasteiger partial charge in [0, 0.05) is 12.8 Å². The molecule has 2 rings (SSSR count). The fourth-order valence-corrected chi connectivity index (χ4v) is 4.06. The van der Waals surface area contributed by atoms with Crippen LogP contribution in [0.3, 0.4) is 0 Å². The van der Waals surface area contributed by atoms with Crippen molar-refractivity contribution in [3.05, 3.63) is 59.7 Å². The molecule has 0 aliphatic carbocycles. The molecule has 6 N–H and O–H groups in total. The maximum absolute atomic E-state index is 13.4. The Labute approximate surface area is 224 Å². The van der Waals surface area contributed by atoms with Gasteiger partial charge < -0.3 is 31.3 Å². The number of carbonyl (C=O) groups excluding carboxylic acids is 3. The van der Waals surface area contributed by atoms with Crippen molar-refractivity contribution in [3.8, 4) is 11.5 Å². The van der Waals surface area contributed by atoms with Gasteiger partial charge in [0.2, 0.25) is 17.7 Å². The fraction of sp³-hybridized carbons (Fsp3) is 0.483. The van der Waals surface area contributed by atoms with Crippen molar-refractivity contribution in [2.75, 3.05) is 6.61 Å². The monoisotopic (exact) mass is 527 g/mol. The summed E-state index contributed by atoms with van der Waals surface area (Å²) in [6.07, 6.45) is 1.15. The number of hydrogen-bond donors (Lipinski definition) is 6. The lowest BCUT2D eigenvalue weighted by Crippen LogP contribution is -2.56. The van der Waals surface area contributed by atoms with Crippen molar-refractivity contribution in [3.63, 3.8) is 0 Å². The van der Waals surface area contributed by atoms with Gasteiger partial charge in [0.15, 0.2) is 0 Å². The molecule has 0 heterocycles. The van der Waals surface area contributed by atoms with Gasteiger partial charge in [-0.1, -0.05) is 52.0 Å². The van der Waals surface area contributed by atoms with E-state index in [1.807, 2.05) is 27.7 Å². The molecule has 0 spiro atoms. The van der Waals surface area contributed by atoms with Crippen LogP contribution in [0.4, 0.5) is 0 Å². The molecule has 9 nitrogen and oxygen atoms in total. The molecule has 208 valence electrons. The van der Waals surface area contributed by atoms with E-state index >= 15 is 0 Å². The van der Waals surface area contributed by atoms with Gasteiger partial charge in [-0.05, 0) is 60.1 Å². The molecular formula is C29H41N3O6. The number of phenolic OH excluding ortho intramolecular Hbond substituents is 2. The first kappa shape index (κ1) is 30.6. The topological polar surface area (TPSA) is 148 Å². The number of aromatic hydroxyl groups is 2. The molecule has 38 heavy (non-hydrogen) atoms. The minimum atomic E-state index is -0.918. The average molecular weight is 528 g/mol. The van der Waals surface area contributed by atoms with E-state index in [0.29, 0.717) is 12.8 Å². The SMILES string of the molecule is CC(C)CC(=O)N[C@@H](Cc1ccc(O)cc1)C(=O)N[C@@H](CC(C)C)C(=O)N[C@H](CO)Cc1ccc(O)cc1. The normalized spacial score (nSPS) is 13.6. The second kappa shape index (κ2) is 15.0. The van der Waals surface area contributed by atoms with Gasteiger partial charge in [0.1, 0.15) is 23.6 Å². The van der Waals surface area contributed by atoms with Gasteiger partial charge in [-0.15, -0.1) is 0 Å².